The Morgan fingerprint density at radius 3 is 2.88 bits per heavy atom. The van der Waals surface area contributed by atoms with Gasteiger partial charge in [0.1, 0.15) is 0 Å². The second kappa shape index (κ2) is 6.00. The third-order valence-corrected chi connectivity index (χ3v) is 4.20. The molecule has 1 N–H and O–H groups in total. The van der Waals surface area contributed by atoms with Crippen LogP contribution in [-0.2, 0) is 11.3 Å². The summed E-state index contributed by atoms with van der Waals surface area (Å²) in [5.41, 5.74) is 0. The smallest absolute Gasteiger partial charge is 0.239 e. The molecule has 90 valence electrons. The van der Waals surface area contributed by atoms with Crippen molar-refractivity contribution in [1.82, 2.24) is 10.2 Å². The van der Waals surface area contributed by atoms with Crippen molar-refractivity contribution < 1.29 is 4.79 Å². The van der Waals surface area contributed by atoms with Crippen LogP contribution >= 0.6 is 39.7 Å². The summed E-state index contributed by atoms with van der Waals surface area (Å²) in [5, 5.41) is 5.16. The van der Waals surface area contributed by atoms with Gasteiger partial charge in [-0.2, -0.15) is 0 Å². The van der Waals surface area contributed by atoms with Gasteiger partial charge in [0.05, 0.1) is 12.6 Å². The molecule has 1 amide bonds. The molecule has 16 heavy (non-hydrogen) atoms. The van der Waals surface area contributed by atoms with Crippen LogP contribution in [0.5, 0.6) is 0 Å². The summed E-state index contributed by atoms with van der Waals surface area (Å²) in [5.74, 6) is 0.200. The first-order valence-corrected chi connectivity index (χ1v) is 6.55. The van der Waals surface area contributed by atoms with E-state index in [1.807, 2.05) is 12.4 Å². The quantitative estimate of drug-likeness (QED) is 0.924. The van der Waals surface area contributed by atoms with E-state index in [1.165, 1.54) is 4.88 Å². The topological polar surface area (TPSA) is 32.3 Å². The lowest BCUT2D eigenvalue weighted by Crippen LogP contribution is -2.53. The Morgan fingerprint density at radius 2 is 2.44 bits per heavy atom. The maximum atomic E-state index is 11.8. The van der Waals surface area contributed by atoms with Crippen molar-refractivity contribution in [3.05, 3.63) is 20.8 Å². The number of hydrogen-bond donors (Lipinski definition) is 1. The monoisotopic (exact) mass is 324 g/mol. The van der Waals surface area contributed by atoms with E-state index in [2.05, 4.69) is 27.3 Å². The third-order valence-electron chi connectivity index (χ3n) is 2.51. The summed E-state index contributed by atoms with van der Waals surface area (Å²) >= 11 is 5.08. The minimum absolute atomic E-state index is 0. The van der Waals surface area contributed by atoms with E-state index in [1.54, 1.807) is 16.2 Å². The number of hydrogen-bond acceptors (Lipinski definition) is 3. The standard InChI is InChI=1S/C10H13BrN2OS.ClH/c1-13(10(14)9-2-3-12-9)5-8-4-7(11)6-15-8;/h4,6,9,12H,2-3,5H2,1H3;1H/t9-;/m1./s1. The first-order valence-electron chi connectivity index (χ1n) is 4.88. The Kier molecular flexibility index (Phi) is 5.24. The van der Waals surface area contributed by atoms with Crippen LogP contribution in [0.15, 0.2) is 15.9 Å². The van der Waals surface area contributed by atoms with Gasteiger partial charge in [-0.05, 0) is 35.0 Å². The molecule has 6 heteroatoms. The van der Waals surface area contributed by atoms with E-state index in [0.29, 0.717) is 6.54 Å². The largest absolute Gasteiger partial charge is 0.339 e. The first kappa shape index (κ1) is 14.0. The van der Waals surface area contributed by atoms with E-state index >= 15 is 0 Å². The lowest BCUT2D eigenvalue weighted by atomic mass is 10.1. The van der Waals surface area contributed by atoms with Gasteiger partial charge in [-0.3, -0.25) is 4.79 Å². The van der Waals surface area contributed by atoms with E-state index in [-0.39, 0.29) is 24.4 Å². The maximum Gasteiger partial charge on any atom is 0.239 e. The summed E-state index contributed by atoms with van der Waals surface area (Å²) < 4.78 is 1.09. The Hall–Kier alpha value is -0.100. The predicted molar refractivity (Wildman–Crippen MR) is 72.1 cm³/mol. The van der Waals surface area contributed by atoms with Gasteiger partial charge >= 0.3 is 0 Å². The SMILES string of the molecule is CN(Cc1cc(Br)cs1)C(=O)[C@H]1CCN1.Cl. The summed E-state index contributed by atoms with van der Waals surface area (Å²) in [6, 6.07) is 2.11. The number of carbonyl (C=O) groups excluding carboxylic acids is 1. The average molecular weight is 326 g/mol. The second-order valence-corrected chi connectivity index (χ2v) is 5.63. The molecule has 1 aromatic rings. The molecule has 1 aromatic heterocycles. The predicted octanol–water partition coefficient (Wildman–Crippen LogP) is 2.25. The van der Waals surface area contributed by atoms with Gasteiger partial charge < -0.3 is 10.2 Å². The molecule has 0 aliphatic carbocycles. The van der Waals surface area contributed by atoms with Crippen LogP contribution in [0.4, 0.5) is 0 Å². The van der Waals surface area contributed by atoms with Crippen molar-refractivity contribution in [3.8, 4) is 0 Å². The van der Waals surface area contributed by atoms with Crippen LogP contribution in [-0.4, -0.2) is 30.4 Å². The van der Waals surface area contributed by atoms with Crippen molar-refractivity contribution in [1.29, 1.82) is 0 Å². The minimum atomic E-state index is 0. The van der Waals surface area contributed by atoms with Crippen molar-refractivity contribution in [2.75, 3.05) is 13.6 Å². The highest BCUT2D eigenvalue weighted by atomic mass is 79.9. The number of halogens is 2. The molecule has 0 saturated carbocycles. The zero-order valence-corrected chi connectivity index (χ0v) is 12.1. The molecule has 1 fully saturated rings. The van der Waals surface area contributed by atoms with Gasteiger partial charge in [0.15, 0.2) is 0 Å². The molecule has 0 spiro atoms. The van der Waals surface area contributed by atoms with E-state index in [0.717, 1.165) is 17.4 Å². The van der Waals surface area contributed by atoms with Crippen LogP contribution < -0.4 is 5.32 Å². The highest BCUT2D eigenvalue weighted by Crippen LogP contribution is 2.21. The van der Waals surface area contributed by atoms with Crippen molar-refractivity contribution in [2.24, 2.45) is 0 Å². The van der Waals surface area contributed by atoms with E-state index in [4.69, 9.17) is 0 Å². The molecular weight excluding hydrogens is 312 g/mol. The average Bonchev–Trinajstić information content (AvgIpc) is 2.48. The molecule has 1 atom stereocenters. The van der Waals surface area contributed by atoms with Gasteiger partial charge in [-0.1, -0.05) is 0 Å². The lowest BCUT2D eigenvalue weighted by molar-refractivity contribution is -0.134. The molecule has 1 aliphatic heterocycles. The molecule has 2 heterocycles. The van der Waals surface area contributed by atoms with Crippen LogP contribution in [0.3, 0.4) is 0 Å². The summed E-state index contributed by atoms with van der Waals surface area (Å²) in [6.45, 7) is 1.67. The minimum Gasteiger partial charge on any atom is -0.339 e. The fourth-order valence-corrected chi connectivity index (χ4v) is 3.02. The summed E-state index contributed by atoms with van der Waals surface area (Å²) in [4.78, 5) is 14.8. The molecule has 3 nitrogen and oxygen atoms in total. The second-order valence-electron chi connectivity index (χ2n) is 3.72. The first-order chi connectivity index (χ1) is 7.16. The Labute approximate surface area is 114 Å². The Bertz CT molecular complexity index is 367. The summed E-state index contributed by atoms with van der Waals surface area (Å²) in [6.07, 6.45) is 0.970. The zero-order valence-electron chi connectivity index (χ0n) is 8.90. The van der Waals surface area contributed by atoms with Crippen molar-refractivity contribution >= 4 is 45.6 Å². The van der Waals surface area contributed by atoms with Crippen LogP contribution in [0.2, 0.25) is 0 Å². The van der Waals surface area contributed by atoms with Gasteiger partial charge in [0, 0.05) is 21.8 Å². The van der Waals surface area contributed by atoms with Gasteiger partial charge in [-0.25, -0.2) is 0 Å². The van der Waals surface area contributed by atoms with Crippen molar-refractivity contribution in [2.45, 2.75) is 19.0 Å². The van der Waals surface area contributed by atoms with Gasteiger partial charge in [0.25, 0.3) is 0 Å². The molecule has 0 bridgehead atoms. The van der Waals surface area contributed by atoms with Crippen LogP contribution in [0.25, 0.3) is 0 Å². The number of carbonyl (C=O) groups is 1. The Balaban J connectivity index is 0.00000128. The fraction of sp³-hybridized carbons (Fsp3) is 0.500. The number of likely N-dealkylation sites (N-methyl/N-ethyl adjacent to an activating group) is 1. The molecule has 0 unspecified atom stereocenters. The lowest BCUT2D eigenvalue weighted by Gasteiger charge is -2.30. The van der Waals surface area contributed by atoms with E-state index in [9.17, 15) is 4.79 Å². The fourth-order valence-electron chi connectivity index (χ4n) is 1.51. The van der Waals surface area contributed by atoms with Gasteiger partial charge in [-0.15, -0.1) is 23.7 Å². The third kappa shape index (κ3) is 3.20. The van der Waals surface area contributed by atoms with Crippen LogP contribution in [0.1, 0.15) is 11.3 Å². The highest BCUT2D eigenvalue weighted by Gasteiger charge is 2.27. The summed E-state index contributed by atoms with van der Waals surface area (Å²) in [7, 11) is 1.86. The molecule has 0 radical (unpaired) electrons. The Morgan fingerprint density at radius 1 is 1.75 bits per heavy atom. The van der Waals surface area contributed by atoms with Crippen LogP contribution in [0, 0.1) is 0 Å². The van der Waals surface area contributed by atoms with E-state index < -0.39 is 0 Å². The number of amides is 1. The molecule has 0 aromatic carbocycles. The van der Waals surface area contributed by atoms with Gasteiger partial charge in [0.2, 0.25) is 5.91 Å². The van der Waals surface area contributed by atoms with Crippen molar-refractivity contribution in [3.63, 3.8) is 0 Å². The molecule has 1 aliphatic rings. The molecule has 1 saturated heterocycles. The molecular formula is C10H14BrClN2OS. The number of nitrogens with zero attached hydrogens (tertiary/aromatic N) is 1. The molecule has 2 rings (SSSR count). The normalized spacial score (nSPS) is 18.5. The number of thiophene rings is 1. The highest BCUT2D eigenvalue weighted by molar-refractivity contribution is 9.10. The zero-order chi connectivity index (χ0) is 10.8. The number of rotatable bonds is 3. The number of nitrogens with one attached hydrogen (secondary N) is 1. The maximum absolute atomic E-state index is 11.8.